The third kappa shape index (κ3) is 5.04. The van der Waals surface area contributed by atoms with Crippen molar-refractivity contribution in [3.8, 4) is 17.2 Å². The topological polar surface area (TPSA) is 116 Å². The zero-order chi connectivity index (χ0) is 24.7. The first-order valence-electron chi connectivity index (χ1n) is 10.8. The third-order valence-electron chi connectivity index (χ3n) is 5.58. The number of anilines is 1. The monoisotopic (exact) mass is 468 g/mol. The predicted octanol–water partition coefficient (Wildman–Crippen LogP) is 6.15. The van der Waals surface area contributed by atoms with Gasteiger partial charge in [0.15, 0.2) is 11.5 Å². The Bertz CT molecular complexity index is 1150. The summed E-state index contributed by atoms with van der Waals surface area (Å²) in [5, 5.41) is 13.7. The van der Waals surface area contributed by atoms with Crippen molar-refractivity contribution < 1.29 is 28.9 Å². The van der Waals surface area contributed by atoms with E-state index in [2.05, 4.69) is 10.7 Å². The summed E-state index contributed by atoms with van der Waals surface area (Å²) in [6.45, 7) is 2.05. The number of unbranched alkanes of at least 4 members (excludes halogenated alkanes) is 1. The molecule has 0 aliphatic rings. The molecule has 0 aliphatic carbocycles. The average Bonchev–Trinajstić information content (AvgIpc) is 2.88. The van der Waals surface area contributed by atoms with Gasteiger partial charge in [-0.3, -0.25) is 10.7 Å². The standard InChI is InChI=1S/C25H28N2O7/c1-5-6-7-21(15-8-9-17-18(12-15)20(27-30)11-10-19(17)26-29)34-25(28)16-13-22(31-2)24(33-4)23(14-16)32-3/h8-14,21,26,29H,5-7H2,1-4H3. The van der Waals surface area contributed by atoms with Crippen molar-refractivity contribution in [1.82, 2.24) is 0 Å². The molecule has 0 bridgehead atoms. The number of nitroso groups, excluding NO2 is 1. The van der Waals surface area contributed by atoms with E-state index in [1.807, 2.05) is 6.92 Å². The molecule has 3 rings (SSSR count). The van der Waals surface area contributed by atoms with Crippen LogP contribution in [-0.2, 0) is 4.74 Å². The smallest absolute Gasteiger partial charge is 0.339 e. The molecule has 1 unspecified atom stereocenters. The van der Waals surface area contributed by atoms with Gasteiger partial charge in [0, 0.05) is 10.8 Å². The second kappa shape index (κ2) is 11.3. The van der Waals surface area contributed by atoms with Crippen LogP contribution in [0, 0.1) is 4.91 Å². The third-order valence-corrected chi connectivity index (χ3v) is 5.58. The number of nitrogens with one attached hydrogen (secondary N) is 1. The fraction of sp³-hybridized carbons (Fsp3) is 0.320. The molecule has 0 fully saturated rings. The van der Waals surface area contributed by atoms with Gasteiger partial charge in [0.25, 0.3) is 0 Å². The van der Waals surface area contributed by atoms with Crippen molar-refractivity contribution in [2.45, 2.75) is 32.3 Å². The fourth-order valence-electron chi connectivity index (χ4n) is 3.81. The lowest BCUT2D eigenvalue weighted by Crippen LogP contribution is -2.13. The first-order valence-corrected chi connectivity index (χ1v) is 10.8. The van der Waals surface area contributed by atoms with E-state index in [9.17, 15) is 14.9 Å². The molecule has 3 aromatic carbocycles. The number of benzene rings is 3. The number of methoxy groups -OCH3 is 3. The molecular weight excluding hydrogens is 440 g/mol. The van der Waals surface area contributed by atoms with Gasteiger partial charge in [0.1, 0.15) is 11.8 Å². The molecule has 2 N–H and O–H groups in total. The summed E-state index contributed by atoms with van der Waals surface area (Å²) in [6, 6.07) is 11.5. The second-order valence-corrected chi connectivity index (χ2v) is 7.59. The van der Waals surface area contributed by atoms with Crippen molar-refractivity contribution in [2.24, 2.45) is 5.18 Å². The maximum absolute atomic E-state index is 13.1. The highest BCUT2D eigenvalue weighted by atomic mass is 16.5. The van der Waals surface area contributed by atoms with Crippen LogP contribution >= 0.6 is 0 Å². The summed E-state index contributed by atoms with van der Waals surface area (Å²) in [7, 11) is 4.43. The first kappa shape index (κ1) is 24.8. The number of rotatable bonds is 11. The molecule has 1 atom stereocenters. The van der Waals surface area contributed by atoms with E-state index in [4.69, 9.17) is 18.9 Å². The molecule has 34 heavy (non-hydrogen) atoms. The van der Waals surface area contributed by atoms with Gasteiger partial charge in [-0.1, -0.05) is 25.5 Å². The van der Waals surface area contributed by atoms with Gasteiger partial charge in [0.05, 0.1) is 32.6 Å². The van der Waals surface area contributed by atoms with Crippen molar-refractivity contribution in [3.63, 3.8) is 0 Å². The number of fused-ring (bicyclic) bond motifs is 1. The minimum absolute atomic E-state index is 0.223. The Morgan fingerprint density at radius 3 is 2.26 bits per heavy atom. The van der Waals surface area contributed by atoms with Crippen LogP contribution in [0.4, 0.5) is 11.4 Å². The summed E-state index contributed by atoms with van der Waals surface area (Å²) >= 11 is 0. The number of carbonyl (C=O) groups excluding carboxylic acids is 1. The molecule has 0 saturated heterocycles. The lowest BCUT2D eigenvalue weighted by atomic mass is 9.98. The van der Waals surface area contributed by atoms with E-state index in [-0.39, 0.29) is 11.3 Å². The van der Waals surface area contributed by atoms with Gasteiger partial charge >= 0.3 is 5.97 Å². The minimum atomic E-state index is -0.568. The molecule has 0 amide bonds. The summed E-state index contributed by atoms with van der Waals surface area (Å²) in [4.78, 5) is 24.5. The summed E-state index contributed by atoms with van der Waals surface area (Å²) in [5.74, 6) is 0.506. The molecular formula is C25H28N2O7. The number of ether oxygens (including phenoxy) is 4. The van der Waals surface area contributed by atoms with E-state index in [0.29, 0.717) is 45.7 Å². The molecule has 0 aliphatic heterocycles. The summed E-state index contributed by atoms with van der Waals surface area (Å²) in [6.07, 6.45) is 1.74. The molecule has 3 aromatic rings. The van der Waals surface area contributed by atoms with E-state index in [1.54, 1.807) is 24.3 Å². The van der Waals surface area contributed by atoms with E-state index >= 15 is 0 Å². The Morgan fingerprint density at radius 1 is 1.00 bits per heavy atom. The number of nitrogens with zero attached hydrogens (tertiary/aromatic N) is 1. The molecule has 0 aromatic heterocycles. The molecule has 0 spiro atoms. The number of carbonyl (C=O) groups is 1. The predicted molar refractivity (Wildman–Crippen MR) is 129 cm³/mol. The Kier molecular flexibility index (Phi) is 8.26. The molecule has 180 valence electrons. The van der Waals surface area contributed by atoms with E-state index < -0.39 is 12.1 Å². The highest BCUT2D eigenvalue weighted by Gasteiger charge is 2.22. The largest absolute Gasteiger partial charge is 0.493 e. The van der Waals surface area contributed by atoms with E-state index in [0.717, 1.165) is 12.8 Å². The normalized spacial score (nSPS) is 11.6. The van der Waals surface area contributed by atoms with Crippen LogP contribution in [0.15, 0.2) is 47.6 Å². The van der Waals surface area contributed by atoms with Gasteiger partial charge in [0.2, 0.25) is 5.75 Å². The van der Waals surface area contributed by atoms with Gasteiger partial charge in [-0.25, -0.2) is 4.79 Å². The van der Waals surface area contributed by atoms with Crippen LogP contribution in [0.1, 0.15) is 48.2 Å². The van der Waals surface area contributed by atoms with Crippen LogP contribution in [0.2, 0.25) is 0 Å². The van der Waals surface area contributed by atoms with Crippen LogP contribution < -0.4 is 19.7 Å². The zero-order valence-electron chi connectivity index (χ0n) is 19.6. The molecule has 0 radical (unpaired) electrons. The van der Waals surface area contributed by atoms with Crippen molar-refractivity contribution in [3.05, 3.63) is 58.5 Å². The van der Waals surface area contributed by atoms with Crippen LogP contribution in [0.25, 0.3) is 10.8 Å². The lowest BCUT2D eigenvalue weighted by molar-refractivity contribution is 0.0271. The van der Waals surface area contributed by atoms with Crippen LogP contribution in [0.3, 0.4) is 0 Å². The maximum Gasteiger partial charge on any atom is 0.339 e. The maximum atomic E-state index is 13.1. The van der Waals surface area contributed by atoms with Crippen molar-refractivity contribution in [1.29, 1.82) is 0 Å². The second-order valence-electron chi connectivity index (χ2n) is 7.59. The van der Waals surface area contributed by atoms with Crippen molar-refractivity contribution >= 4 is 28.1 Å². The number of esters is 1. The van der Waals surface area contributed by atoms with E-state index in [1.165, 1.54) is 39.5 Å². The van der Waals surface area contributed by atoms with Gasteiger partial charge in [-0.05, 0) is 53.9 Å². The Labute approximate surface area is 197 Å². The average molecular weight is 469 g/mol. The van der Waals surface area contributed by atoms with Crippen LogP contribution in [-0.4, -0.2) is 32.5 Å². The number of hydrogen-bond acceptors (Lipinski definition) is 9. The zero-order valence-corrected chi connectivity index (χ0v) is 19.6. The van der Waals surface area contributed by atoms with Gasteiger partial charge in [-0.2, -0.15) is 0 Å². The Hall–Kier alpha value is -3.85. The summed E-state index contributed by atoms with van der Waals surface area (Å²) in [5.41, 5.74) is 3.75. The molecule has 9 heteroatoms. The minimum Gasteiger partial charge on any atom is -0.493 e. The molecule has 0 saturated carbocycles. The quantitative estimate of drug-likeness (QED) is 0.195. The molecule has 0 heterocycles. The highest BCUT2D eigenvalue weighted by molar-refractivity contribution is 6.01. The highest BCUT2D eigenvalue weighted by Crippen LogP contribution is 2.39. The SMILES string of the molecule is CCCCC(OC(=O)c1cc(OC)c(OC)c(OC)c1)c1ccc2c(NO)ccc(N=O)c2c1. The van der Waals surface area contributed by atoms with Crippen molar-refractivity contribution in [2.75, 3.05) is 26.8 Å². The Balaban J connectivity index is 2.01. The van der Waals surface area contributed by atoms with Gasteiger partial charge < -0.3 is 18.9 Å². The van der Waals surface area contributed by atoms with Gasteiger partial charge in [-0.15, -0.1) is 4.91 Å². The lowest BCUT2D eigenvalue weighted by Gasteiger charge is -2.20. The molecule has 9 nitrogen and oxygen atoms in total. The first-order chi connectivity index (χ1) is 16.5. The number of hydrogen-bond donors (Lipinski definition) is 2. The fourth-order valence-corrected chi connectivity index (χ4v) is 3.81. The Morgan fingerprint density at radius 2 is 1.71 bits per heavy atom. The van der Waals surface area contributed by atoms with Crippen LogP contribution in [0.5, 0.6) is 17.2 Å². The summed E-state index contributed by atoms with van der Waals surface area (Å²) < 4.78 is 21.9.